The predicted molar refractivity (Wildman–Crippen MR) is 82.3 cm³/mol. The minimum atomic E-state index is -2.55. The minimum Gasteiger partial charge on any atom is -0.320 e. The maximum absolute atomic E-state index is 12.6. The van der Waals surface area contributed by atoms with Crippen molar-refractivity contribution in [2.45, 2.75) is 10.7 Å². The van der Waals surface area contributed by atoms with E-state index >= 15 is 0 Å². The topological polar surface area (TPSA) is 57.8 Å². The number of anilines is 1. The van der Waals surface area contributed by atoms with Gasteiger partial charge in [-0.15, -0.1) is 0 Å². The maximum Gasteiger partial charge on any atom is 0.288 e. The monoisotopic (exact) mass is 319 g/mol. The Bertz CT molecular complexity index is 819. The first-order valence-electron chi connectivity index (χ1n) is 6.43. The second-order valence-corrected chi connectivity index (χ2v) is 5.48. The molecule has 0 aliphatic carbocycles. The Morgan fingerprint density at radius 1 is 1.14 bits per heavy atom. The number of nitrogens with zero attached hydrogens (tertiary/aromatic N) is 1. The lowest BCUT2D eigenvalue weighted by Gasteiger charge is -2.09. The molecule has 0 atom stereocenters. The first-order valence-corrected chi connectivity index (χ1v) is 7.31. The van der Waals surface area contributed by atoms with Crippen molar-refractivity contribution < 1.29 is 13.6 Å². The molecule has 0 unspecified atom stereocenters. The van der Waals surface area contributed by atoms with Gasteiger partial charge in [-0.1, -0.05) is 42.1 Å². The van der Waals surface area contributed by atoms with Crippen LogP contribution in [0.15, 0.2) is 53.4 Å². The van der Waals surface area contributed by atoms with Gasteiger partial charge in [0.25, 0.3) is 11.7 Å². The zero-order valence-electron chi connectivity index (χ0n) is 11.2. The number of H-pyrrole nitrogens is 1. The summed E-state index contributed by atoms with van der Waals surface area (Å²) >= 11 is 0.392. The Labute approximate surface area is 128 Å². The van der Waals surface area contributed by atoms with Gasteiger partial charge in [0.2, 0.25) is 0 Å². The molecule has 3 rings (SSSR count). The molecule has 1 aromatic heterocycles. The fourth-order valence-electron chi connectivity index (χ4n) is 2.09. The number of amides is 1. The number of carbonyl (C=O) groups is 1. The van der Waals surface area contributed by atoms with Crippen LogP contribution in [0.1, 0.15) is 10.5 Å². The Morgan fingerprint density at radius 3 is 2.68 bits per heavy atom. The molecule has 0 aliphatic rings. The number of nitrogens with one attached hydrogen (secondary N) is 2. The highest BCUT2D eigenvalue weighted by Crippen LogP contribution is 2.32. The maximum atomic E-state index is 12.6. The Balaban J connectivity index is 1.89. The summed E-state index contributed by atoms with van der Waals surface area (Å²) in [6.45, 7) is 0. The number of aromatic amines is 1. The molecule has 0 bridgehead atoms. The van der Waals surface area contributed by atoms with Crippen molar-refractivity contribution in [1.29, 1.82) is 0 Å². The van der Waals surface area contributed by atoms with Crippen LogP contribution in [0.25, 0.3) is 10.9 Å². The van der Waals surface area contributed by atoms with Crippen molar-refractivity contribution in [2.24, 2.45) is 0 Å². The van der Waals surface area contributed by atoms with Crippen LogP contribution in [0.3, 0.4) is 0 Å². The van der Waals surface area contributed by atoms with Crippen molar-refractivity contribution in [3.63, 3.8) is 0 Å². The molecule has 2 N–H and O–H groups in total. The molecule has 0 saturated carbocycles. The van der Waals surface area contributed by atoms with Gasteiger partial charge in [0.05, 0.1) is 11.2 Å². The van der Waals surface area contributed by atoms with Crippen LogP contribution in [0.2, 0.25) is 0 Å². The third kappa shape index (κ3) is 2.94. The van der Waals surface area contributed by atoms with E-state index in [0.29, 0.717) is 27.7 Å². The molecule has 0 saturated heterocycles. The zero-order chi connectivity index (χ0) is 15.5. The van der Waals surface area contributed by atoms with Crippen molar-refractivity contribution in [3.05, 3.63) is 54.2 Å². The van der Waals surface area contributed by atoms with Crippen LogP contribution in [-0.2, 0) is 0 Å². The van der Waals surface area contributed by atoms with Crippen LogP contribution >= 0.6 is 11.8 Å². The molecule has 7 heteroatoms. The molecule has 3 aromatic rings. The second kappa shape index (κ2) is 6.15. The average molecular weight is 319 g/mol. The number of hydrogen-bond donors (Lipinski definition) is 2. The van der Waals surface area contributed by atoms with Gasteiger partial charge >= 0.3 is 0 Å². The zero-order valence-corrected chi connectivity index (χ0v) is 12.0. The number of thioether (sulfide) groups is 1. The normalized spacial score (nSPS) is 11.0. The summed E-state index contributed by atoms with van der Waals surface area (Å²) in [5.74, 6) is -3.00. The lowest BCUT2D eigenvalue weighted by molar-refractivity contribution is 0.102. The molecule has 2 aromatic carbocycles. The standard InChI is InChI=1S/C15H11F2N3OS/c16-15(17)22-12-8-4-3-7-11(12)18-14(21)13-9-5-1-2-6-10(9)19-20-13/h1-8,15H,(H,18,21)(H,19,20). The van der Waals surface area contributed by atoms with E-state index in [0.717, 1.165) is 5.52 Å². The molecule has 22 heavy (non-hydrogen) atoms. The van der Waals surface area contributed by atoms with E-state index in [1.807, 2.05) is 6.07 Å². The van der Waals surface area contributed by atoms with Gasteiger partial charge in [0.15, 0.2) is 5.69 Å². The van der Waals surface area contributed by atoms with Gasteiger partial charge in [-0.25, -0.2) is 0 Å². The van der Waals surface area contributed by atoms with Crippen LogP contribution < -0.4 is 5.32 Å². The third-order valence-electron chi connectivity index (χ3n) is 3.04. The van der Waals surface area contributed by atoms with Gasteiger partial charge in [0, 0.05) is 10.3 Å². The van der Waals surface area contributed by atoms with Gasteiger partial charge in [-0.05, 0) is 18.2 Å². The molecule has 0 radical (unpaired) electrons. The summed E-state index contributed by atoms with van der Waals surface area (Å²) in [7, 11) is 0. The molecular weight excluding hydrogens is 308 g/mol. The number of fused-ring (bicyclic) bond motifs is 1. The molecular formula is C15H11F2N3OS. The van der Waals surface area contributed by atoms with Gasteiger partial charge in [-0.3, -0.25) is 9.89 Å². The van der Waals surface area contributed by atoms with E-state index in [1.54, 1.807) is 36.4 Å². The van der Waals surface area contributed by atoms with E-state index in [1.165, 1.54) is 6.07 Å². The number of rotatable bonds is 4. The van der Waals surface area contributed by atoms with E-state index in [2.05, 4.69) is 15.5 Å². The first-order chi connectivity index (χ1) is 10.6. The van der Waals surface area contributed by atoms with E-state index in [4.69, 9.17) is 0 Å². The Hall–Kier alpha value is -2.41. The van der Waals surface area contributed by atoms with Crippen molar-refractivity contribution in [1.82, 2.24) is 10.2 Å². The summed E-state index contributed by atoms with van der Waals surface area (Å²) in [5.41, 5.74) is 1.31. The smallest absolute Gasteiger partial charge is 0.288 e. The van der Waals surface area contributed by atoms with Crippen molar-refractivity contribution in [3.8, 4) is 0 Å². The average Bonchev–Trinajstić information content (AvgIpc) is 2.93. The van der Waals surface area contributed by atoms with Crippen LogP contribution in [-0.4, -0.2) is 21.9 Å². The van der Waals surface area contributed by atoms with Crippen molar-refractivity contribution >= 4 is 34.3 Å². The number of para-hydroxylation sites is 2. The van der Waals surface area contributed by atoms with Gasteiger partial charge in [-0.2, -0.15) is 13.9 Å². The van der Waals surface area contributed by atoms with E-state index in [-0.39, 0.29) is 5.69 Å². The third-order valence-corrected chi connectivity index (χ3v) is 3.82. The predicted octanol–water partition coefficient (Wildman–Crippen LogP) is 4.13. The second-order valence-electron chi connectivity index (χ2n) is 4.45. The molecule has 1 amide bonds. The number of carbonyl (C=O) groups excluding carboxylic acids is 1. The molecule has 0 fully saturated rings. The molecule has 0 spiro atoms. The number of aromatic nitrogens is 2. The number of hydrogen-bond acceptors (Lipinski definition) is 3. The number of alkyl halides is 2. The van der Waals surface area contributed by atoms with Gasteiger partial charge in [0.1, 0.15) is 0 Å². The first kappa shape index (κ1) is 14.5. The molecule has 112 valence electrons. The summed E-state index contributed by atoms with van der Waals surface area (Å²) < 4.78 is 25.1. The number of benzene rings is 2. The van der Waals surface area contributed by atoms with E-state index in [9.17, 15) is 13.6 Å². The van der Waals surface area contributed by atoms with Crippen LogP contribution in [0, 0.1) is 0 Å². The van der Waals surface area contributed by atoms with E-state index < -0.39 is 11.7 Å². The van der Waals surface area contributed by atoms with Crippen LogP contribution in [0.4, 0.5) is 14.5 Å². The largest absolute Gasteiger partial charge is 0.320 e. The highest BCUT2D eigenvalue weighted by Gasteiger charge is 2.16. The SMILES string of the molecule is O=C(Nc1ccccc1SC(F)F)c1n[nH]c2ccccc12. The minimum absolute atomic E-state index is 0.229. The molecule has 1 heterocycles. The summed E-state index contributed by atoms with van der Waals surface area (Å²) in [6, 6.07) is 13.6. The fourth-order valence-corrected chi connectivity index (χ4v) is 2.68. The Kier molecular flexibility index (Phi) is 4.06. The Morgan fingerprint density at radius 2 is 1.86 bits per heavy atom. The van der Waals surface area contributed by atoms with Gasteiger partial charge < -0.3 is 5.32 Å². The quantitative estimate of drug-likeness (QED) is 0.711. The lowest BCUT2D eigenvalue weighted by atomic mass is 10.2. The highest BCUT2D eigenvalue weighted by molar-refractivity contribution is 7.99. The molecule has 0 aliphatic heterocycles. The number of halogens is 2. The summed E-state index contributed by atoms with van der Waals surface area (Å²) in [4.78, 5) is 12.6. The van der Waals surface area contributed by atoms with Crippen LogP contribution in [0.5, 0.6) is 0 Å². The summed E-state index contributed by atoms with van der Waals surface area (Å²) in [6.07, 6.45) is 0. The van der Waals surface area contributed by atoms with Crippen molar-refractivity contribution in [2.75, 3.05) is 5.32 Å². The highest BCUT2D eigenvalue weighted by atomic mass is 32.2. The molecule has 4 nitrogen and oxygen atoms in total. The fraction of sp³-hybridized carbons (Fsp3) is 0.0667. The summed E-state index contributed by atoms with van der Waals surface area (Å²) in [5, 5.41) is 10.1. The lowest BCUT2D eigenvalue weighted by Crippen LogP contribution is -2.13.